The molecule has 1 aliphatic heterocycles. The number of sulfonamides is 1. The van der Waals surface area contributed by atoms with E-state index in [2.05, 4.69) is 15.1 Å². The molecular formula is C12H20N4O2S. The second-order valence-electron chi connectivity index (χ2n) is 5.51. The van der Waals surface area contributed by atoms with Crippen molar-refractivity contribution in [1.29, 1.82) is 0 Å². The fraction of sp³-hybridized carbons (Fsp3) is 0.750. The van der Waals surface area contributed by atoms with Gasteiger partial charge in [-0.1, -0.05) is 0 Å². The van der Waals surface area contributed by atoms with E-state index < -0.39 is 10.0 Å². The Bertz CT molecular complexity index is 542. The Morgan fingerprint density at radius 1 is 1.32 bits per heavy atom. The van der Waals surface area contributed by atoms with Gasteiger partial charge < -0.3 is 4.90 Å². The third kappa shape index (κ3) is 2.68. The minimum atomic E-state index is -3.37. The maximum atomic E-state index is 12.5. The van der Waals surface area contributed by atoms with Crippen molar-refractivity contribution in [3.8, 4) is 0 Å². The zero-order valence-electron chi connectivity index (χ0n) is 11.2. The van der Waals surface area contributed by atoms with E-state index in [4.69, 9.17) is 0 Å². The largest absolute Gasteiger partial charge is 0.300 e. The lowest BCUT2D eigenvalue weighted by Crippen LogP contribution is -2.49. The number of aromatic nitrogens is 2. The smallest absolute Gasteiger partial charge is 0.246 e. The van der Waals surface area contributed by atoms with E-state index in [-0.39, 0.29) is 0 Å². The Hall–Kier alpha value is -0.920. The standard InChI is InChI=1S/C12H20N4O2S/c1-10-12(8-13-14-10)19(17,18)16-6-4-15(5-7-16)9-11-2-3-11/h8,11H,2-7,9H2,1H3,(H,13,14). The molecule has 0 radical (unpaired) electrons. The summed E-state index contributed by atoms with van der Waals surface area (Å²) >= 11 is 0. The van der Waals surface area contributed by atoms with E-state index in [0.717, 1.165) is 25.6 Å². The van der Waals surface area contributed by atoms with Crippen molar-refractivity contribution < 1.29 is 8.42 Å². The molecule has 1 aromatic rings. The third-order valence-corrected chi connectivity index (χ3v) is 5.96. The van der Waals surface area contributed by atoms with Crippen molar-refractivity contribution >= 4 is 10.0 Å². The van der Waals surface area contributed by atoms with Gasteiger partial charge in [-0.15, -0.1) is 0 Å². The highest BCUT2D eigenvalue weighted by molar-refractivity contribution is 7.89. The van der Waals surface area contributed by atoms with Crippen LogP contribution >= 0.6 is 0 Å². The van der Waals surface area contributed by atoms with Crippen LogP contribution < -0.4 is 0 Å². The summed E-state index contributed by atoms with van der Waals surface area (Å²) in [6, 6.07) is 0. The number of piperazine rings is 1. The maximum Gasteiger partial charge on any atom is 0.246 e. The number of rotatable bonds is 4. The van der Waals surface area contributed by atoms with Gasteiger partial charge in [0.25, 0.3) is 0 Å². The zero-order valence-corrected chi connectivity index (χ0v) is 12.0. The molecule has 0 aromatic carbocycles. The maximum absolute atomic E-state index is 12.5. The molecule has 2 heterocycles. The average Bonchev–Trinajstić information content (AvgIpc) is 3.08. The first kappa shape index (κ1) is 13.1. The van der Waals surface area contributed by atoms with Crippen molar-refractivity contribution in [2.75, 3.05) is 32.7 Å². The monoisotopic (exact) mass is 284 g/mol. The Kier molecular flexibility index (Phi) is 3.36. The summed E-state index contributed by atoms with van der Waals surface area (Å²) in [5.41, 5.74) is 0.611. The molecule has 6 nitrogen and oxygen atoms in total. The number of hydrogen-bond donors (Lipinski definition) is 1. The van der Waals surface area contributed by atoms with Crippen molar-refractivity contribution in [1.82, 2.24) is 19.4 Å². The van der Waals surface area contributed by atoms with Gasteiger partial charge in [0.2, 0.25) is 10.0 Å². The SMILES string of the molecule is Cc1[nH]ncc1S(=O)(=O)N1CCN(CC2CC2)CC1. The Labute approximate surface area is 113 Å². The van der Waals surface area contributed by atoms with Gasteiger partial charge >= 0.3 is 0 Å². The van der Waals surface area contributed by atoms with E-state index >= 15 is 0 Å². The molecule has 0 amide bonds. The van der Waals surface area contributed by atoms with Crippen LogP contribution in [0.15, 0.2) is 11.1 Å². The van der Waals surface area contributed by atoms with Gasteiger partial charge in [0.15, 0.2) is 0 Å². The van der Waals surface area contributed by atoms with Crippen LogP contribution in [0.2, 0.25) is 0 Å². The molecule has 0 unspecified atom stereocenters. The van der Waals surface area contributed by atoms with Crippen molar-refractivity contribution in [2.45, 2.75) is 24.7 Å². The summed E-state index contributed by atoms with van der Waals surface area (Å²) < 4.78 is 26.5. The Morgan fingerprint density at radius 3 is 2.53 bits per heavy atom. The number of aryl methyl sites for hydroxylation is 1. The summed E-state index contributed by atoms with van der Waals surface area (Å²) in [5.74, 6) is 0.860. The molecule has 2 aliphatic rings. The summed E-state index contributed by atoms with van der Waals surface area (Å²) in [6.07, 6.45) is 4.08. The highest BCUT2D eigenvalue weighted by Gasteiger charge is 2.32. The second-order valence-corrected chi connectivity index (χ2v) is 7.41. The van der Waals surface area contributed by atoms with Crippen LogP contribution in [0.4, 0.5) is 0 Å². The second kappa shape index (κ2) is 4.88. The molecule has 0 spiro atoms. The van der Waals surface area contributed by atoms with Crippen molar-refractivity contribution in [2.24, 2.45) is 5.92 Å². The lowest BCUT2D eigenvalue weighted by Gasteiger charge is -2.33. The van der Waals surface area contributed by atoms with E-state index in [1.54, 1.807) is 11.2 Å². The number of hydrogen-bond acceptors (Lipinski definition) is 4. The van der Waals surface area contributed by atoms with Crippen LogP contribution in [0, 0.1) is 12.8 Å². The molecule has 106 valence electrons. The van der Waals surface area contributed by atoms with Gasteiger partial charge in [-0.05, 0) is 25.7 Å². The van der Waals surface area contributed by atoms with Crippen molar-refractivity contribution in [3.63, 3.8) is 0 Å². The predicted molar refractivity (Wildman–Crippen MR) is 71.2 cm³/mol. The quantitative estimate of drug-likeness (QED) is 0.871. The summed E-state index contributed by atoms with van der Waals surface area (Å²) in [5, 5.41) is 6.49. The van der Waals surface area contributed by atoms with Crippen molar-refractivity contribution in [3.05, 3.63) is 11.9 Å². The Balaban J connectivity index is 1.65. The van der Waals surface area contributed by atoms with Crippen LogP contribution in [-0.2, 0) is 10.0 Å². The molecule has 0 bridgehead atoms. The lowest BCUT2D eigenvalue weighted by molar-refractivity contribution is 0.182. The molecular weight excluding hydrogens is 264 g/mol. The molecule has 3 rings (SSSR count). The molecule has 1 N–H and O–H groups in total. The molecule has 19 heavy (non-hydrogen) atoms. The van der Waals surface area contributed by atoms with Crippen LogP contribution in [0.5, 0.6) is 0 Å². The van der Waals surface area contributed by atoms with E-state index in [1.807, 2.05) is 0 Å². The first-order valence-electron chi connectivity index (χ1n) is 6.80. The minimum absolute atomic E-state index is 0.308. The van der Waals surface area contributed by atoms with E-state index in [1.165, 1.54) is 19.0 Å². The topological polar surface area (TPSA) is 69.3 Å². The summed E-state index contributed by atoms with van der Waals surface area (Å²) in [7, 11) is -3.37. The number of H-pyrrole nitrogens is 1. The highest BCUT2D eigenvalue weighted by Crippen LogP contribution is 2.30. The first-order chi connectivity index (χ1) is 9.07. The van der Waals surface area contributed by atoms with Gasteiger partial charge in [-0.3, -0.25) is 5.10 Å². The lowest BCUT2D eigenvalue weighted by atomic mass is 10.3. The fourth-order valence-electron chi connectivity index (χ4n) is 2.56. The number of nitrogens with one attached hydrogen (secondary N) is 1. The molecule has 2 fully saturated rings. The molecule has 1 saturated heterocycles. The van der Waals surface area contributed by atoms with Gasteiger partial charge in [0.05, 0.1) is 11.9 Å². The molecule has 1 aliphatic carbocycles. The van der Waals surface area contributed by atoms with Crippen LogP contribution in [0.25, 0.3) is 0 Å². The predicted octanol–water partition coefficient (Wildman–Crippen LogP) is 0.434. The van der Waals surface area contributed by atoms with Crippen LogP contribution in [0.3, 0.4) is 0 Å². The normalized spacial score (nSPS) is 22.8. The summed E-state index contributed by atoms with van der Waals surface area (Å²) in [4.78, 5) is 2.69. The summed E-state index contributed by atoms with van der Waals surface area (Å²) in [6.45, 7) is 5.72. The molecule has 1 aromatic heterocycles. The first-order valence-corrected chi connectivity index (χ1v) is 8.24. The zero-order chi connectivity index (χ0) is 13.5. The fourth-order valence-corrected chi connectivity index (χ4v) is 4.10. The number of nitrogens with zero attached hydrogens (tertiary/aromatic N) is 3. The van der Waals surface area contributed by atoms with Crippen LogP contribution in [0.1, 0.15) is 18.5 Å². The molecule has 1 saturated carbocycles. The average molecular weight is 284 g/mol. The molecule has 7 heteroatoms. The van der Waals surface area contributed by atoms with Gasteiger partial charge in [-0.2, -0.15) is 9.40 Å². The van der Waals surface area contributed by atoms with E-state index in [0.29, 0.717) is 23.7 Å². The minimum Gasteiger partial charge on any atom is -0.300 e. The number of aromatic amines is 1. The van der Waals surface area contributed by atoms with Gasteiger partial charge in [0.1, 0.15) is 4.90 Å². The van der Waals surface area contributed by atoms with Crippen LogP contribution in [-0.4, -0.2) is 60.5 Å². The highest BCUT2D eigenvalue weighted by atomic mass is 32.2. The molecule has 0 atom stereocenters. The third-order valence-electron chi connectivity index (χ3n) is 3.95. The van der Waals surface area contributed by atoms with Gasteiger partial charge in [0, 0.05) is 32.7 Å². The van der Waals surface area contributed by atoms with Gasteiger partial charge in [-0.25, -0.2) is 8.42 Å². The van der Waals surface area contributed by atoms with E-state index in [9.17, 15) is 8.42 Å². The Morgan fingerprint density at radius 2 is 2.00 bits per heavy atom.